The van der Waals surface area contributed by atoms with E-state index in [0.717, 1.165) is 22.1 Å². The van der Waals surface area contributed by atoms with Crippen LogP contribution in [0.5, 0.6) is 5.75 Å². The molecular weight excluding hydrogens is 286 g/mol. The highest BCUT2D eigenvalue weighted by molar-refractivity contribution is 7.11. The van der Waals surface area contributed by atoms with Crippen LogP contribution < -0.4 is 4.74 Å². The van der Waals surface area contributed by atoms with Crippen LogP contribution in [0.1, 0.15) is 27.4 Å². The second-order valence-electron chi connectivity index (χ2n) is 5.04. The molecule has 5 heteroatoms. The smallest absolute Gasteiger partial charge is 0.303 e. The van der Waals surface area contributed by atoms with Gasteiger partial charge in [0, 0.05) is 17.5 Å². The summed E-state index contributed by atoms with van der Waals surface area (Å²) in [7, 11) is 0. The molecule has 0 radical (unpaired) electrons. The van der Waals surface area contributed by atoms with Gasteiger partial charge in [-0.3, -0.25) is 4.79 Å². The van der Waals surface area contributed by atoms with E-state index in [9.17, 15) is 4.79 Å². The van der Waals surface area contributed by atoms with E-state index in [1.54, 1.807) is 17.5 Å². The normalized spacial score (nSPS) is 10.6. The first-order valence-corrected chi connectivity index (χ1v) is 7.71. The fraction of sp³-hybridized carbons (Fsp3) is 0.375. The molecule has 1 N–H and O–H groups in total. The molecule has 1 aromatic heterocycles. The third-order valence-electron chi connectivity index (χ3n) is 2.97. The zero-order chi connectivity index (χ0) is 15.2. The van der Waals surface area contributed by atoms with Crippen molar-refractivity contribution in [3.05, 3.63) is 45.4 Å². The number of rotatable bonds is 7. The summed E-state index contributed by atoms with van der Waals surface area (Å²) in [4.78, 5) is 15.8. The Hall–Kier alpha value is -1.88. The van der Waals surface area contributed by atoms with E-state index >= 15 is 0 Å². The molecule has 112 valence electrons. The lowest BCUT2D eigenvalue weighted by atomic mass is 10.1. The number of aromatic nitrogens is 1. The third-order valence-corrected chi connectivity index (χ3v) is 4.08. The zero-order valence-electron chi connectivity index (χ0n) is 12.3. The first kappa shape index (κ1) is 15.5. The minimum atomic E-state index is -0.775. The second kappa shape index (κ2) is 7.22. The number of benzene rings is 1. The van der Waals surface area contributed by atoms with Gasteiger partial charge in [0.15, 0.2) is 0 Å². The third kappa shape index (κ3) is 5.19. The first-order chi connectivity index (χ1) is 10.0. The summed E-state index contributed by atoms with van der Waals surface area (Å²) in [6.07, 6.45) is 3.20. The van der Waals surface area contributed by atoms with Crippen LogP contribution in [0.2, 0.25) is 0 Å². The van der Waals surface area contributed by atoms with Gasteiger partial charge in [-0.15, -0.1) is 11.3 Å². The highest BCUT2D eigenvalue weighted by atomic mass is 32.1. The molecule has 21 heavy (non-hydrogen) atoms. The maximum atomic E-state index is 10.5. The van der Waals surface area contributed by atoms with Gasteiger partial charge in [0.2, 0.25) is 0 Å². The van der Waals surface area contributed by atoms with Crippen LogP contribution in [-0.4, -0.2) is 22.7 Å². The van der Waals surface area contributed by atoms with Crippen LogP contribution in [0.25, 0.3) is 0 Å². The van der Waals surface area contributed by atoms with Crippen molar-refractivity contribution in [1.82, 2.24) is 4.98 Å². The van der Waals surface area contributed by atoms with Crippen molar-refractivity contribution in [3.8, 4) is 5.75 Å². The number of carboxylic acid groups (broad SMARTS) is 1. The molecule has 0 amide bonds. The van der Waals surface area contributed by atoms with Crippen LogP contribution in [0.3, 0.4) is 0 Å². The second-order valence-corrected chi connectivity index (χ2v) is 6.24. The average molecular weight is 305 g/mol. The predicted octanol–water partition coefficient (Wildman–Crippen LogP) is 3.40. The lowest BCUT2D eigenvalue weighted by Crippen LogP contribution is -2.01. The number of ether oxygens (including phenoxy) is 1. The summed E-state index contributed by atoms with van der Waals surface area (Å²) < 4.78 is 5.75. The summed E-state index contributed by atoms with van der Waals surface area (Å²) in [6.45, 7) is 4.68. The number of carbonyl (C=O) groups is 1. The molecule has 0 unspecified atom stereocenters. The molecule has 0 aliphatic rings. The van der Waals surface area contributed by atoms with Gasteiger partial charge in [0.25, 0.3) is 0 Å². The standard InChI is InChI=1S/C16H19NO3S/c1-11-7-12(2)9-13(8-11)20-6-5-15-17-10-14(21-15)3-4-16(18)19/h7-10H,3-6H2,1-2H3,(H,18,19). The number of hydrogen-bond donors (Lipinski definition) is 1. The molecule has 4 nitrogen and oxygen atoms in total. The van der Waals surface area contributed by atoms with Gasteiger partial charge in [-0.1, -0.05) is 6.07 Å². The molecule has 0 bridgehead atoms. The van der Waals surface area contributed by atoms with Gasteiger partial charge in [-0.05, 0) is 43.5 Å². The number of carboxylic acids is 1. The van der Waals surface area contributed by atoms with Crippen LogP contribution >= 0.6 is 11.3 Å². The molecule has 0 aliphatic carbocycles. The van der Waals surface area contributed by atoms with Gasteiger partial charge >= 0.3 is 5.97 Å². The SMILES string of the molecule is Cc1cc(C)cc(OCCc2ncc(CCC(=O)O)s2)c1. The number of aryl methyl sites for hydroxylation is 3. The Morgan fingerprint density at radius 3 is 2.62 bits per heavy atom. The van der Waals surface area contributed by atoms with Crippen molar-refractivity contribution in [2.75, 3.05) is 6.61 Å². The van der Waals surface area contributed by atoms with Crippen LogP contribution in [0, 0.1) is 13.8 Å². The van der Waals surface area contributed by atoms with Gasteiger partial charge in [-0.25, -0.2) is 4.98 Å². The number of aliphatic carboxylic acids is 1. The summed E-state index contributed by atoms with van der Waals surface area (Å²) >= 11 is 1.56. The quantitative estimate of drug-likeness (QED) is 0.851. The van der Waals surface area contributed by atoms with E-state index in [1.807, 2.05) is 12.1 Å². The Morgan fingerprint density at radius 2 is 1.95 bits per heavy atom. The lowest BCUT2D eigenvalue weighted by molar-refractivity contribution is -0.136. The minimum Gasteiger partial charge on any atom is -0.493 e. The maximum Gasteiger partial charge on any atom is 0.303 e. The van der Waals surface area contributed by atoms with Crippen molar-refractivity contribution < 1.29 is 14.6 Å². The molecule has 1 aromatic carbocycles. The topological polar surface area (TPSA) is 59.4 Å². The summed E-state index contributed by atoms with van der Waals surface area (Å²) in [5, 5.41) is 9.64. The molecule has 1 heterocycles. The van der Waals surface area contributed by atoms with E-state index in [0.29, 0.717) is 13.0 Å². The molecule has 0 atom stereocenters. The van der Waals surface area contributed by atoms with E-state index in [4.69, 9.17) is 9.84 Å². The average Bonchev–Trinajstić information content (AvgIpc) is 2.83. The first-order valence-electron chi connectivity index (χ1n) is 6.89. The van der Waals surface area contributed by atoms with Gasteiger partial charge in [0.05, 0.1) is 18.0 Å². The van der Waals surface area contributed by atoms with E-state index in [2.05, 4.69) is 24.9 Å². The monoisotopic (exact) mass is 305 g/mol. The highest BCUT2D eigenvalue weighted by Crippen LogP contribution is 2.18. The molecule has 0 fully saturated rings. The number of thiazole rings is 1. The van der Waals surface area contributed by atoms with Crippen molar-refractivity contribution in [1.29, 1.82) is 0 Å². The Bertz CT molecular complexity index is 601. The molecule has 0 spiro atoms. The van der Waals surface area contributed by atoms with Crippen molar-refractivity contribution >= 4 is 17.3 Å². The molecule has 0 aliphatic heterocycles. The molecular formula is C16H19NO3S. The summed E-state index contributed by atoms with van der Waals surface area (Å²) in [5.41, 5.74) is 2.38. The highest BCUT2D eigenvalue weighted by Gasteiger charge is 2.05. The summed E-state index contributed by atoms with van der Waals surface area (Å²) in [5.74, 6) is 0.109. The van der Waals surface area contributed by atoms with Gasteiger partial charge in [-0.2, -0.15) is 0 Å². The number of nitrogens with zero attached hydrogens (tertiary/aromatic N) is 1. The summed E-state index contributed by atoms with van der Waals surface area (Å²) in [6, 6.07) is 6.16. The van der Waals surface area contributed by atoms with Gasteiger partial charge in [0.1, 0.15) is 5.75 Å². The molecule has 0 saturated carbocycles. The molecule has 0 saturated heterocycles. The Kier molecular flexibility index (Phi) is 5.33. The van der Waals surface area contributed by atoms with Crippen molar-refractivity contribution in [3.63, 3.8) is 0 Å². The van der Waals surface area contributed by atoms with Crippen molar-refractivity contribution in [2.24, 2.45) is 0 Å². The molecule has 2 rings (SSSR count). The fourth-order valence-corrected chi connectivity index (χ4v) is 2.98. The zero-order valence-corrected chi connectivity index (χ0v) is 13.1. The number of hydrogen-bond acceptors (Lipinski definition) is 4. The Labute approximate surface area is 128 Å². The fourth-order valence-electron chi connectivity index (χ4n) is 2.08. The van der Waals surface area contributed by atoms with Crippen LogP contribution in [0.15, 0.2) is 24.4 Å². The largest absolute Gasteiger partial charge is 0.493 e. The van der Waals surface area contributed by atoms with E-state index < -0.39 is 5.97 Å². The lowest BCUT2D eigenvalue weighted by Gasteiger charge is -2.07. The van der Waals surface area contributed by atoms with Crippen LogP contribution in [0.4, 0.5) is 0 Å². The van der Waals surface area contributed by atoms with Gasteiger partial charge < -0.3 is 9.84 Å². The van der Waals surface area contributed by atoms with E-state index in [-0.39, 0.29) is 6.42 Å². The van der Waals surface area contributed by atoms with Crippen LogP contribution in [-0.2, 0) is 17.6 Å². The minimum absolute atomic E-state index is 0.153. The molecule has 2 aromatic rings. The Morgan fingerprint density at radius 1 is 1.24 bits per heavy atom. The van der Waals surface area contributed by atoms with E-state index in [1.165, 1.54) is 11.1 Å². The predicted molar refractivity (Wildman–Crippen MR) is 83.2 cm³/mol. The maximum absolute atomic E-state index is 10.5. The Balaban J connectivity index is 1.81. The van der Waals surface area contributed by atoms with Crippen molar-refractivity contribution in [2.45, 2.75) is 33.1 Å².